The molecule has 2 bridgehead atoms. The Morgan fingerprint density at radius 3 is 2.22 bits per heavy atom. The molecule has 0 radical (unpaired) electrons. The van der Waals surface area contributed by atoms with Crippen molar-refractivity contribution in [2.75, 3.05) is 13.1 Å². The van der Waals surface area contributed by atoms with Gasteiger partial charge >= 0.3 is 0 Å². The van der Waals surface area contributed by atoms with E-state index in [2.05, 4.69) is 0 Å². The number of hydrogen-bond donors (Lipinski definition) is 0. The Morgan fingerprint density at radius 2 is 1.59 bits per heavy atom. The zero-order chi connectivity index (χ0) is 22.6. The average molecular weight is 431 g/mol. The second kappa shape index (κ2) is 7.29. The van der Waals surface area contributed by atoms with Crippen molar-refractivity contribution in [2.24, 2.45) is 11.8 Å². The van der Waals surface area contributed by atoms with E-state index in [1.165, 1.54) is 9.80 Å². The molecule has 7 nitrogen and oxygen atoms in total. The predicted octanol–water partition coefficient (Wildman–Crippen LogP) is 1.93. The van der Waals surface area contributed by atoms with Gasteiger partial charge in [-0.05, 0) is 31.5 Å². The van der Waals surface area contributed by atoms with Crippen molar-refractivity contribution in [1.29, 1.82) is 0 Å². The third kappa shape index (κ3) is 2.66. The number of likely N-dealkylation sites (tertiary alicyclic amines) is 2. The summed E-state index contributed by atoms with van der Waals surface area (Å²) in [5, 5.41) is 0. The highest BCUT2D eigenvalue weighted by molar-refractivity contribution is 6.13. The fourth-order valence-electron chi connectivity index (χ4n) is 5.72. The van der Waals surface area contributed by atoms with Gasteiger partial charge in [-0.3, -0.25) is 24.1 Å². The average Bonchev–Trinajstić information content (AvgIpc) is 3.19. The molecule has 3 unspecified atom stereocenters. The molecule has 2 aromatic rings. The van der Waals surface area contributed by atoms with Gasteiger partial charge < -0.3 is 9.80 Å². The zero-order valence-electron chi connectivity index (χ0n) is 18.1. The van der Waals surface area contributed by atoms with Gasteiger partial charge in [-0.15, -0.1) is 0 Å². The largest absolute Gasteiger partial charge is 0.339 e. The van der Waals surface area contributed by atoms with Crippen molar-refractivity contribution < 1.29 is 19.2 Å². The number of rotatable bonds is 4. The standard InChI is InChI=1S/C25H25N3O4/c1-3-26-15-18-19-20(23(31)27(22(19)30)14-16-10-6-4-7-11-16)25(2,24(26)32)28(18)21(29)17-12-8-5-9-13-17/h4-13,18-20H,3,14-15H2,1-2H3/t18?,19?,20?,25-/m1/s1. The minimum Gasteiger partial charge on any atom is -0.339 e. The minimum atomic E-state index is -1.39. The van der Waals surface area contributed by atoms with Crippen LogP contribution < -0.4 is 0 Å². The molecule has 2 aromatic carbocycles. The van der Waals surface area contributed by atoms with Crippen LogP contribution in [0.1, 0.15) is 29.8 Å². The Hall–Kier alpha value is -3.48. The summed E-state index contributed by atoms with van der Waals surface area (Å²) >= 11 is 0. The van der Waals surface area contributed by atoms with Crippen molar-refractivity contribution >= 4 is 23.6 Å². The van der Waals surface area contributed by atoms with Gasteiger partial charge in [0.2, 0.25) is 17.7 Å². The first-order valence-corrected chi connectivity index (χ1v) is 11.0. The molecule has 0 saturated carbocycles. The van der Waals surface area contributed by atoms with E-state index in [0.29, 0.717) is 12.1 Å². The number of likely N-dealkylation sites (N-methyl/N-ethyl adjacent to an activating group) is 1. The maximum atomic E-state index is 13.6. The summed E-state index contributed by atoms with van der Waals surface area (Å²) in [7, 11) is 0. The minimum absolute atomic E-state index is 0.173. The number of benzene rings is 2. The fourth-order valence-corrected chi connectivity index (χ4v) is 5.72. The normalized spacial score (nSPS) is 29.0. The molecule has 0 aliphatic carbocycles. The lowest BCUT2D eigenvalue weighted by atomic mass is 9.81. The smallest absolute Gasteiger partial charge is 0.255 e. The summed E-state index contributed by atoms with van der Waals surface area (Å²) in [6, 6.07) is 17.5. The molecular weight excluding hydrogens is 406 g/mol. The molecule has 0 spiro atoms. The van der Waals surface area contributed by atoms with Crippen LogP contribution in [0.15, 0.2) is 60.7 Å². The van der Waals surface area contributed by atoms with Gasteiger partial charge in [0, 0.05) is 18.7 Å². The summed E-state index contributed by atoms with van der Waals surface area (Å²) in [6.07, 6.45) is 0. The number of carbonyl (C=O) groups excluding carboxylic acids is 4. The van der Waals surface area contributed by atoms with Crippen LogP contribution in [0, 0.1) is 11.8 Å². The molecule has 5 rings (SSSR count). The number of imide groups is 1. The molecule has 3 fully saturated rings. The van der Waals surface area contributed by atoms with Crippen molar-refractivity contribution in [3.05, 3.63) is 71.8 Å². The van der Waals surface area contributed by atoms with Gasteiger partial charge in [-0.2, -0.15) is 0 Å². The Labute approximate surface area is 186 Å². The fraction of sp³-hybridized carbons (Fsp3) is 0.360. The molecule has 3 aliphatic heterocycles. The maximum absolute atomic E-state index is 13.6. The van der Waals surface area contributed by atoms with Crippen molar-refractivity contribution in [3.8, 4) is 0 Å². The van der Waals surface area contributed by atoms with Gasteiger partial charge in [0.25, 0.3) is 5.91 Å². The van der Waals surface area contributed by atoms with Crippen LogP contribution in [0.4, 0.5) is 0 Å². The molecule has 32 heavy (non-hydrogen) atoms. The highest BCUT2D eigenvalue weighted by atomic mass is 16.2. The van der Waals surface area contributed by atoms with E-state index in [9.17, 15) is 19.2 Å². The second-order valence-corrected chi connectivity index (χ2v) is 8.85. The number of carbonyl (C=O) groups is 4. The summed E-state index contributed by atoms with van der Waals surface area (Å²) in [5.74, 6) is -2.84. The van der Waals surface area contributed by atoms with Crippen LogP contribution in [-0.4, -0.2) is 63.0 Å². The SMILES string of the molecule is CCN1CC2C3C(=O)N(Cc4ccccc4)C(=O)C3[C@](C)(C1=O)N2C(=O)c1ccccc1. The molecule has 3 heterocycles. The van der Waals surface area contributed by atoms with Crippen molar-refractivity contribution in [1.82, 2.24) is 14.7 Å². The Kier molecular flexibility index (Phi) is 4.65. The van der Waals surface area contributed by atoms with E-state index in [1.54, 1.807) is 36.1 Å². The molecule has 164 valence electrons. The maximum Gasteiger partial charge on any atom is 0.255 e. The predicted molar refractivity (Wildman–Crippen MR) is 116 cm³/mol. The van der Waals surface area contributed by atoms with Crippen molar-refractivity contribution in [2.45, 2.75) is 32.0 Å². The van der Waals surface area contributed by atoms with E-state index in [4.69, 9.17) is 0 Å². The van der Waals surface area contributed by atoms with Crippen LogP contribution >= 0.6 is 0 Å². The van der Waals surface area contributed by atoms with Crippen LogP contribution in [0.2, 0.25) is 0 Å². The first-order valence-electron chi connectivity index (χ1n) is 11.0. The number of nitrogens with zero attached hydrogens (tertiary/aromatic N) is 3. The molecule has 3 saturated heterocycles. The number of hydrogen-bond acceptors (Lipinski definition) is 4. The lowest BCUT2D eigenvalue weighted by Gasteiger charge is -2.47. The molecule has 7 heteroatoms. The van der Waals surface area contributed by atoms with Gasteiger partial charge in [-0.1, -0.05) is 48.5 Å². The summed E-state index contributed by atoms with van der Waals surface area (Å²) in [4.78, 5) is 58.7. The number of piperazine rings is 1. The van der Waals surface area contributed by atoms with Crippen LogP contribution in [-0.2, 0) is 20.9 Å². The number of fused-ring (bicyclic) bond motifs is 5. The van der Waals surface area contributed by atoms with Crippen LogP contribution in [0.5, 0.6) is 0 Å². The second-order valence-electron chi connectivity index (χ2n) is 8.85. The van der Waals surface area contributed by atoms with E-state index < -0.39 is 23.4 Å². The van der Waals surface area contributed by atoms with Gasteiger partial charge in [-0.25, -0.2) is 0 Å². The quantitative estimate of drug-likeness (QED) is 0.693. The van der Waals surface area contributed by atoms with E-state index in [-0.39, 0.29) is 36.7 Å². The number of amides is 4. The van der Waals surface area contributed by atoms with Crippen LogP contribution in [0.3, 0.4) is 0 Å². The highest BCUT2D eigenvalue weighted by Gasteiger charge is 2.73. The van der Waals surface area contributed by atoms with E-state index in [1.807, 2.05) is 43.3 Å². The Bertz CT molecular complexity index is 1100. The third-order valence-electron chi connectivity index (χ3n) is 7.23. The Balaban J connectivity index is 1.57. The first kappa shape index (κ1) is 20.4. The first-order chi connectivity index (χ1) is 15.4. The summed E-state index contributed by atoms with van der Waals surface area (Å²) in [5.41, 5.74) is -0.0972. The molecular formula is C25H25N3O4. The van der Waals surface area contributed by atoms with E-state index in [0.717, 1.165) is 5.56 Å². The summed E-state index contributed by atoms with van der Waals surface area (Å²) in [6.45, 7) is 4.42. The van der Waals surface area contributed by atoms with Gasteiger partial charge in [0.1, 0.15) is 5.54 Å². The van der Waals surface area contributed by atoms with E-state index >= 15 is 0 Å². The summed E-state index contributed by atoms with van der Waals surface area (Å²) < 4.78 is 0. The molecule has 4 amide bonds. The highest BCUT2D eigenvalue weighted by Crippen LogP contribution is 2.52. The molecule has 0 N–H and O–H groups in total. The molecule has 0 aromatic heterocycles. The monoisotopic (exact) mass is 431 g/mol. The zero-order valence-corrected chi connectivity index (χ0v) is 18.1. The Morgan fingerprint density at radius 1 is 0.969 bits per heavy atom. The van der Waals surface area contributed by atoms with Gasteiger partial charge in [0.15, 0.2) is 0 Å². The lowest BCUT2D eigenvalue weighted by Crippen LogP contribution is -2.68. The molecule has 3 aliphatic rings. The third-order valence-corrected chi connectivity index (χ3v) is 7.23. The van der Waals surface area contributed by atoms with Crippen LogP contribution in [0.25, 0.3) is 0 Å². The van der Waals surface area contributed by atoms with Gasteiger partial charge in [0.05, 0.1) is 24.4 Å². The topological polar surface area (TPSA) is 78.0 Å². The van der Waals surface area contributed by atoms with Crippen molar-refractivity contribution in [3.63, 3.8) is 0 Å². The molecule has 4 atom stereocenters. The lowest BCUT2D eigenvalue weighted by molar-refractivity contribution is -0.155.